The molecule has 2 fully saturated rings. The van der Waals surface area contributed by atoms with E-state index in [9.17, 15) is 0 Å². The van der Waals surface area contributed by atoms with Crippen LogP contribution in [0.1, 0.15) is 33.1 Å². The zero-order valence-corrected chi connectivity index (χ0v) is 13.4. The maximum atomic E-state index is 2.67. The first-order chi connectivity index (χ1) is 8.02. The van der Waals surface area contributed by atoms with Crippen molar-refractivity contribution in [3.8, 4) is 0 Å². The van der Waals surface area contributed by atoms with E-state index >= 15 is 0 Å². The van der Waals surface area contributed by atoms with E-state index in [1.807, 2.05) is 11.9 Å². The third-order valence-corrected chi connectivity index (χ3v) is 7.57. The minimum atomic E-state index is 0.463. The minimum Gasteiger partial charge on any atom is -0.324 e. The highest BCUT2D eigenvalue weighted by molar-refractivity contribution is 8.02. The number of piperidine rings is 1. The first-order valence-corrected chi connectivity index (χ1v) is 8.99. The lowest BCUT2D eigenvalue weighted by atomic mass is 9.99. The van der Waals surface area contributed by atoms with Crippen LogP contribution in [0.2, 0.25) is 0 Å². The van der Waals surface area contributed by atoms with Gasteiger partial charge >= 0.3 is 0 Å². The molecule has 2 aliphatic heterocycles. The van der Waals surface area contributed by atoms with Gasteiger partial charge in [-0.2, -0.15) is 0 Å². The van der Waals surface area contributed by atoms with Crippen LogP contribution in [0.25, 0.3) is 0 Å². The van der Waals surface area contributed by atoms with Crippen molar-refractivity contribution in [2.45, 2.75) is 44.0 Å². The lowest BCUT2D eigenvalue weighted by Crippen LogP contribution is -2.61. The lowest BCUT2D eigenvalue weighted by molar-refractivity contribution is -0.934. The van der Waals surface area contributed by atoms with E-state index in [0.717, 1.165) is 6.04 Å². The molecular weight excluding hydrogens is 248 g/mol. The lowest BCUT2D eigenvalue weighted by Gasteiger charge is -2.53. The van der Waals surface area contributed by atoms with Gasteiger partial charge in [0.15, 0.2) is 0 Å². The molecule has 0 saturated carbocycles. The molecule has 2 aliphatic rings. The number of likely N-dealkylation sites (tertiary alicyclic amines) is 1. The molecule has 0 aliphatic carbocycles. The van der Waals surface area contributed by atoms with Crippen LogP contribution in [-0.2, 0) is 0 Å². The second-order valence-electron chi connectivity index (χ2n) is 5.95. The third kappa shape index (κ3) is 2.65. The van der Waals surface area contributed by atoms with Gasteiger partial charge in [-0.3, -0.25) is 0 Å². The van der Waals surface area contributed by atoms with E-state index in [2.05, 4.69) is 43.2 Å². The van der Waals surface area contributed by atoms with Gasteiger partial charge in [0.25, 0.3) is 0 Å². The second kappa shape index (κ2) is 5.32. The highest BCUT2D eigenvalue weighted by Gasteiger charge is 2.47. The van der Waals surface area contributed by atoms with Gasteiger partial charge in [0.2, 0.25) is 0 Å². The smallest absolute Gasteiger partial charge is 0.0872 e. The molecule has 2 heterocycles. The van der Waals surface area contributed by atoms with Crippen molar-refractivity contribution in [1.29, 1.82) is 0 Å². The number of hydrogen-bond donors (Lipinski definition) is 0. The standard InChI is InChI=1S/C13H27N2S2/c1-12(2)15(3)9-6-13(7-10-15)14(16-4)8-5-11-17-13/h12H,5-11H2,1-4H3/q+1. The van der Waals surface area contributed by atoms with E-state index in [-0.39, 0.29) is 0 Å². The first kappa shape index (κ1) is 14.0. The number of thioether (sulfide) groups is 1. The second-order valence-corrected chi connectivity index (χ2v) is 8.22. The summed E-state index contributed by atoms with van der Waals surface area (Å²) in [7, 11) is 2.44. The molecule has 0 unspecified atom stereocenters. The molecule has 2 rings (SSSR count). The van der Waals surface area contributed by atoms with E-state index in [1.165, 1.54) is 49.1 Å². The van der Waals surface area contributed by atoms with Gasteiger partial charge in [-0.25, -0.2) is 4.31 Å². The maximum Gasteiger partial charge on any atom is 0.0872 e. The summed E-state index contributed by atoms with van der Waals surface area (Å²) in [5.41, 5.74) is 0. The van der Waals surface area contributed by atoms with Gasteiger partial charge in [0.1, 0.15) is 0 Å². The predicted molar refractivity (Wildman–Crippen MR) is 80.3 cm³/mol. The molecule has 0 aromatic rings. The Morgan fingerprint density at radius 2 is 1.94 bits per heavy atom. The van der Waals surface area contributed by atoms with Crippen molar-refractivity contribution >= 4 is 23.7 Å². The maximum absolute atomic E-state index is 2.67. The predicted octanol–water partition coefficient (Wildman–Crippen LogP) is 3.05. The van der Waals surface area contributed by atoms with Gasteiger partial charge in [0, 0.05) is 19.4 Å². The Bertz CT molecular complexity index is 260. The number of nitrogens with zero attached hydrogens (tertiary/aromatic N) is 2. The van der Waals surface area contributed by atoms with E-state index in [0.29, 0.717) is 4.87 Å². The molecule has 17 heavy (non-hydrogen) atoms. The summed E-state index contributed by atoms with van der Waals surface area (Å²) in [6, 6.07) is 0.767. The van der Waals surface area contributed by atoms with Crippen LogP contribution in [0.3, 0.4) is 0 Å². The van der Waals surface area contributed by atoms with Crippen molar-refractivity contribution in [3.05, 3.63) is 0 Å². The van der Waals surface area contributed by atoms with Gasteiger partial charge in [0.05, 0.1) is 31.0 Å². The molecule has 0 radical (unpaired) electrons. The average Bonchev–Trinajstić information content (AvgIpc) is 2.34. The molecule has 100 valence electrons. The Balaban J connectivity index is 2.05. The Labute approximate surface area is 115 Å². The van der Waals surface area contributed by atoms with E-state index in [4.69, 9.17) is 0 Å². The topological polar surface area (TPSA) is 3.24 Å². The van der Waals surface area contributed by atoms with Crippen molar-refractivity contribution in [2.24, 2.45) is 0 Å². The molecule has 2 saturated heterocycles. The molecule has 2 nitrogen and oxygen atoms in total. The van der Waals surface area contributed by atoms with Crippen molar-refractivity contribution in [3.63, 3.8) is 0 Å². The molecule has 0 amide bonds. The summed E-state index contributed by atoms with van der Waals surface area (Å²) < 4.78 is 3.94. The van der Waals surface area contributed by atoms with Gasteiger partial charge < -0.3 is 4.48 Å². The SMILES string of the molecule is CSN1CCCSC12CC[N+](C)(C(C)C)CC2. The van der Waals surface area contributed by atoms with E-state index < -0.39 is 0 Å². The number of hydrogen-bond acceptors (Lipinski definition) is 3. The zero-order valence-electron chi connectivity index (χ0n) is 11.7. The van der Waals surface area contributed by atoms with Gasteiger partial charge in [-0.1, -0.05) is 11.9 Å². The van der Waals surface area contributed by atoms with Crippen molar-refractivity contribution in [2.75, 3.05) is 38.7 Å². The summed E-state index contributed by atoms with van der Waals surface area (Å²) >= 11 is 4.19. The highest BCUT2D eigenvalue weighted by Crippen LogP contribution is 2.46. The highest BCUT2D eigenvalue weighted by atomic mass is 32.2. The fraction of sp³-hybridized carbons (Fsp3) is 1.00. The third-order valence-electron chi connectivity index (χ3n) is 4.82. The fourth-order valence-corrected chi connectivity index (χ4v) is 5.58. The Morgan fingerprint density at radius 3 is 2.47 bits per heavy atom. The van der Waals surface area contributed by atoms with Crippen LogP contribution < -0.4 is 0 Å². The number of quaternary nitrogens is 1. The largest absolute Gasteiger partial charge is 0.324 e. The summed E-state index contributed by atoms with van der Waals surface area (Å²) in [4.78, 5) is 0.463. The first-order valence-electron chi connectivity index (χ1n) is 6.82. The average molecular weight is 276 g/mol. The summed E-state index contributed by atoms with van der Waals surface area (Å²) in [6.07, 6.45) is 6.35. The van der Waals surface area contributed by atoms with Gasteiger partial charge in [-0.15, -0.1) is 11.8 Å². The molecule has 0 aromatic heterocycles. The molecule has 1 spiro atoms. The van der Waals surface area contributed by atoms with Crippen molar-refractivity contribution < 1.29 is 4.48 Å². The molecule has 0 N–H and O–H groups in total. The molecule has 4 heteroatoms. The molecule has 0 atom stereocenters. The molecule has 0 aromatic carbocycles. The molecule has 0 bridgehead atoms. The van der Waals surface area contributed by atoms with Crippen LogP contribution in [0.5, 0.6) is 0 Å². The normalized spacial score (nSPS) is 40.1. The van der Waals surface area contributed by atoms with Gasteiger partial charge in [-0.05, 0) is 32.3 Å². The van der Waals surface area contributed by atoms with Crippen molar-refractivity contribution in [1.82, 2.24) is 4.31 Å². The quantitative estimate of drug-likeness (QED) is 0.563. The van der Waals surface area contributed by atoms with Crippen LogP contribution in [0, 0.1) is 0 Å². The fourth-order valence-electron chi connectivity index (χ4n) is 3.01. The Morgan fingerprint density at radius 1 is 1.29 bits per heavy atom. The van der Waals surface area contributed by atoms with Crippen LogP contribution in [0.15, 0.2) is 0 Å². The minimum absolute atomic E-state index is 0.463. The molecular formula is C13H27N2S2+. The summed E-state index contributed by atoms with van der Waals surface area (Å²) in [5, 5.41) is 0. The summed E-state index contributed by atoms with van der Waals surface area (Å²) in [5.74, 6) is 1.36. The van der Waals surface area contributed by atoms with Crippen LogP contribution in [0.4, 0.5) is 0 Å². The van der Waals surface area contributed by atoms with E-state index in [1.54, 1.807) is 0 Å². The Hall–Kier alpha value is 0.620. The summed E-state index contributed by atoms with van der Waals surface area (Å²) in [6.45, 7) is 8.74. The Kier molecular flexibility index (Phi) is 4.39. The zero-order chi connectivity index (χ0) is 12.5. The monoisotopic (exact) mass is 275 g/mol. The van der Waals surface area contributed by atoms with Crippen LogP contribution >= 0.6 is 23.7 Å². The number of rotatable bonds is 2. The van der Waals surface area contributed by atoms with Crippen LogP contribution in [-0.4, -0.2) is 58.4 Å².